The quantitative estimate of drug-likeness (QED) is 0.565. The summed E-state index contributed by atoms with van der Waals surface area (Å²) in [6.07, 6.45) is 3.21. The SMILES string of the molecule is CC(C)N1CCOC2CCC21. The van der Waals surface area contributed by atoms with Crippen LogP contribution >= 0.6 is 0 Å². The fourth-order valence-electron chi connectivity index (χ4n) is 2.14. The van der Waals surface area contributed by atoms with Gasteiger partial charge in [0.1, 0.15) is 0 Å². The molecular weight excluding hydrogens is 138 g/mol. The highest BCUT2D eigenvalue weighted by Crippen LogP contribution is 2.32. The van der Waals surface area contributed by atoms with Crippen molar-refractivity contribution in [3.63, 3.8) is 0 Å². The molecule has 0 amide bonds. The van der Waals surface area contributed by atoms with E-state index in [1.54, 1.807) is 0 Å². The van der Waals surface area contributed by atoms with Gasteiger partial charge in [-0.1, -0.05) is 0 Å². The number of morpholine rings is 1. The molecule has 1 aliphatic heterocycles. The van der Waals surface area contributed by atoms with Crippen LogP contribution in [0.4, 0.5) is 0 Å². The first kappa shape index (κ1) is 7.56. The standard InChI is InChI=1S/C9H17NO/c1-7(2)10-5-6-11-9-4-3-8(9)10/h7-9H,3-6H2,1-2H3. The zero-order valence-corrected chi connectivity index (χ0v) is 7.42. The lowest BCUT2D eigenvalue weighted by atomic mass is 9.85. The molecule has 1 saturated carbocycles. The molecule has 0 N–H and O–H groups in total. The van der Waals surface area contributed by atoms with Gasteiger partial charge >= 0.3 is 0 Å². The summed E-state index contributed by atoms with van der Waals surface area (Å²) in [5.41, 5.74) is 0. The second-order valence-corrected chi connectivity index (χ2v) is 3.89. The third-order valence-electron chi connectivity index (χ3n) is 2.95. The molecule has 1 aliphatic carbocycles. The van der Waals surface area contributed by atoms with Gasteiger partial charge in [0.05, 0.1) is 12.7 Å². The predicted molar refractivity (Wildman–Crippen MR) is 44.6 cm³/mol. The van der Waals surface area contributed by atoms with E-state index in [1.807, 2.05) is 0 Å². The Labute approximate surface area is 68.5 Å². The van der Waals surface area contributed by atoms with Crippen molar-refractivity contribution in [3.05, 3.63) is 0 Å². The van der Waals surface area contributed by atoms with Gasteiger partial charge in [-0.15, -0.1) is 0 Å². The summed E-state index contributed by atoms with van der Waals surface area (Å²) in [6.45, 7) is 6.64. The van der Waals surface area contributed by atoms with E-state index < -0.39 is 0 Å². The molecule has 2 fully saturated rings. The van der Waals surface area contributed by atoms with Gasteiger partial charge in [-0.25, -0.2) is 0 Å². The molecule has 0 radical (unpaired) electrons. The van der Waals surface area contributed by atoms with Crippen LogP contribution in [0.25, 0.3) is 0 Å². The van der Waals surface area contributed by atoms with Gasteiger partial charge in [0.2, 0.25) is 0 Å². The number of fused-ring (bicyclic) bond motifs is 1. The van der Waals surface area contributed by atoms with Crippen molar-refractivity contribution in [2.24, 2.45) is 0 Å². The first-order valence-electron chi connectivity index (χ1n) is 4.66. The van der Waals surface area contributed by atoms with E-state index in [2.05, 4.69) is 18.7 Å². The van der Waals surface area contributed by atoms with Crippen molar-refractivity contribution in [2.45, 2.75) is 44.9 Å². The number of rotatable bonds is 1. The Morgan fingerprint density at radius 2 is 2.18 bits per heavy atom. The predicted octanol–water partition coefficient (Wildman–Crippen LogP) is 1.26. The molecule has 0 aromatic rings. The maximum Gasteiger partial charge on any atom is 0.0731 e. The van der Waals surface area contributed by atoms with Crippen molar-refractivity contribution in [2.75, 3.05) is 13.2 Å². The van der Waals surface area contributed by atoms with Crippen LogP contribution in [-0.2, 0) is 4.74 Å². The van der Waals surface area contributed by atoms with Crippen molar-refractivity contribution < 1.29 is 4.74 Å². The van der Waals surface area contributed by atoms with Crippen molar-refractivity contribution in [3.8, 4) is 0 Å². The second-order valence-electron chi connectivity index (χ2n) is 3.89. The third kappa shape index (κ3) is 1.18. The van der Waals surface area contributed by atoms with Crippen LogP contribution in [-0.4, -0.2) is 36.2 Å². The Morgan fingerprint density at radius 1 is 1.36 bits per heavy atom. The molecule has 1 heterocycles. The van der Waals surface area contributed by atoms with Crippen molar-refractivity contribution in [1.82, 2.24) is 4.90 Å². The minimum atomic E-state index is 0.575. The number of hydrogen-bond acceptors (Lipinski definition) is 2. The fourth-order valence-corrected chi connectivity index (χ4v) is 2.14. The first-order chi connectivity index (χ1) is 5.29. The van der Waals surface area contributed by atoms with Gasteiger partial charge in [-0.05, 0) is 26.7 Å². The first-order valence-corrected chi connectivity index (χ1v) is 4.66. The molecule has 1 saturated heterocycles. The van der Waals surface area contributed by atoms with E-state index >= 15 is 0 Å². The summed E-state index contributed by atoms with van der Waals surface area (Å²) in [7, 11) is 0. The van der Waals surface area contributed by atoms with Crippen LogP contribution in [0.1, 0.15) is 26.7 Å². The molecule has 2 rings (SSSR count). The van der Waals surface area contributed by atoms with Gasteiger partial charge in [-0.3, -0.25) is 4.90 Å². The Hall–Kier alpha value is -0.0800. The summed E-state index contributed by atoms with van der Waals surface area (Å²) in [6, 6.07) is 1.45. The van der Waals surface area contributed by atoms with Crippen LogP contribution in [0.3, 0.4) is 0 Å². The lowest BCUT2D eigenvalue weighted by molar-refractivity contribution is -0.129. The Bertz CT molecular complexity index is 146. The van der Waals surface area contributed by atoms with Gasteiger partial charge in [0.15, 0.2) is 0 Å². The highest BCUT2D eigenvalue weighted by Gasteiger charge is 2.39. The van der Waals surface area contributed by atoms with Crippen LogP contribution in [0, 0.1) is 0 Å². The van der Waals surface area contributed by atoms with E-state index in [0.29, 0.717) is 12.1 Å². The minimum absolute atomic E-state index is 0.575. The van der Waals surface area contributed by atoms with Crippen LogP contribution in [0.15, 0.2) is 0 Å². The topological polar surface area (TPSA) is 12.5 Å². The van der Waals surface area contributed by atoms with E-state index in [4.69, 9.17) is 4.74 Å². The number of hydrogen-bond donors (Lipinski definition) is 0. The van der Waals surface area contributed by atoms with Gasteiger partial charge in [-0.2, -0.15) is 0 Å². The molecule has 2 nitrogen and oxygen atoms in total. The second kappa shape index (κ2) is 2.76. The van der Waals surface area contributed by atoms with Gasteiger partial charge in [0, 0.05) is 18.6 Å². The molecule has 0 bridgehead atoms. The summed E-state index contributed by atoms with van der Waals surface area (Å²) in [4.78, 5) is 2.58. The molecule has 2 atom stereocenters. The highest BCUT2D eigenvalue weighted by atomic mass is 16.5. The molecule has 0 spiro atoms. The number of nitrogens with zero attached hydrogens (tertiary/aromatic N) is 1. The van der Waals surface area contributed by atoms with E-state index in [9.17, 15) is 0 Å². The smallest absolute Gasteiger partial charge is 0.0731 e. The molecule has 2 aliphatic rings. The summed E-state index contributed by atoms with van der Waals surface area (Å²) >= 11 is 0. The molecule has 11 heavy (non-hydrogen) atoms. The Balaban J connectivity index is 1.98. The summed E-state index contributed by atoms with van der Waals surface area (Å²) in [5, 5.41) is 0. The average Bonchev–Trinajstić information content (AvgIpc) is 1.90. The molecule has 0 aromatic carbocycles. The average molecular weight is 155 g/mol. The summed E-state index contributed by atoms with van der Waals surface area (Å²) in [5.74, 6) is 0. The molecule has 2 unspecified atom stereocenters. The largest absolute Gasteiger partial charge is 0.375 e. The summed E-state index contributed by atoms with van der Waals surface area (Å²) < 4.78 is 5.62. The number of ether oxygens (including phenoxy) is 1. The molecule has 64 valence electrons. The highest BCUT2D eigenvalue weighted by molar-refractivity contribution is 4.93. The molecule has 2 heteroatoms. The normalized spacial score (nSPS) is 38.5. The van der Waals surface area contributed by atoms with E-state index in [-0.39, 0.29) is 0 Å². The van der Waals surface area contributed by atoms with Gasteiger partial charge in [0.25, 0.3) is 0 Å². The zero-order valence-electron chi connectivity index (χ0n) is 7.42. The monoisotopic (exact) mass is 155 g/mol. The third-order valence-corrected chi connectivity index (χ3v) is 2.95. The van der Waals surface area contributed by atoms with Crippen LogP contribution in [0.5, 0.6) is 0 Å². The van der Waals surface area contributed by atoms with Gasteiger partial charge < -0.3 is 4.74 Å². The fraction of sp³-hybridized carbons (Fsp3) is 1.00. The zero-order chi connectivity index (χ0) is 7.84. The van der Waals surface area contributed by atoms with Crippen molar-refractivity contribution >= 4 is 0 Å². The van der Waals surface area contributed by atoms with Crippen molar-refractivity contribution in [1.29, 1.82) is 0 Å². The van der Waals surface area contributed by atoms with E-state index in [0.717, 1.165) is 19.2 Å². The maximum atomic E-state index is 5.62. The lowest BCUT2D eigenvalue weighted by Crippen LogP contribution is -2.59. The Morgan fingerprint density at radius 3 is 2.64 bits per heavy atom. The Kier molecular flexibility index (Phi) is 1.90. The van der Waals surface area contributed by atoms with E-state index in [1.165, 1.54) is 12.8 Å². The van der Waals surface area contributed by atoms with Crippen LogP contribution < -0.4 is 0 Å². The molecule has 0 aromatic heterocycles. The van der Waals surface area contributed by atoms with Crippen LogP contribution in [0.2, 0.25) is 0 Å². The minimum Gasteiger partial charge on any atom is -0.375 e. The lowest BCUT2D eigenvalue weighted by Gasteiger charge is -2.49. The molecular formula is C9H17NO. The maximum absolute atomic E-state index is 5.62.